The van der Waals surface area contributed by atoms with E-state index in [0.717, 1.165) is 28.8 Å². The van der Waals surface area contributed by atoms with Crippen molar-refractivity contribution in [1.82, 2.24) is 20.2 Å². The molecule has 0 spiro atoms. The Morgan fingerprint density at radius 2 is 1.92 bits per heavy atom. The fraction of sp³-hybridized carbons (Fsp3) is 0.105. The molecule has 2 N–H and O–H groups in total. The molecule has 0 radical (unpaired) electrons. The number of aryl methyl sites for hydroxylation is 1. The summed E-state index contributed by atoms with van der Waals surface area (Å²) in [6.07, 6.45) is 1.63. The van der Waals surface area contributed by atoms with E-state index in [4.69, 9.17) is 4.42 Å². The summed E-state index contributed by atoms with van der Waals surface area (Å²) >= 11 is 1.71. The molecular formula is C19H17N5OS. The highest BCUT2D eigenvalue weighted by atomic mass is 32.2. The Hall–Kier alpha value is -3.06. The number of H-pyrrole nitrogens is 1. The highest BCUT2D eigenvalue weighted by molar-refractivity contribution is 7.98. The van der Waals surface area contributed by atoms with E-state index in [0.29, 0.717) is 11.6 Å². The standard InChI is InChI=1S/C19H17N5OS/c1-13-10-17(21-18-11-15(23-24-18)16-8-5-9-25-16)22-19(20-13)12-26-14-6-3-2-4-7-14/h2-11H,12H2,1H3,(H2,20,21,22,23,24). The molecule has 0 aliphatic carbocycles. The first-order valence-electron chi connectivity index (χ1n) is 8.15. The third kappa shape index (κ3) is 3.94. The van der Waals surface area contributed by atoms with Crippen LogP contribution in [0.1, 0.15) is 11.5 Å². The van der Waals surface area contributed by atoms with Gasteiger partial charge in [0.05, 0.1) is 12.0 Å². The van der Waals surface area contributed by atoms with Gasteiger partial charge in [-0.1, -0.05) is 18.2 Å². The molecule has 0 bridgehead atoms. The zero-order chi connectivity index (χ0) is 17.8. The monoisotopic (exact) mass is 363 g/mol. The fourth-order valence-electron chi connectivity index (χ4n) is 2.50. The number of aromatic amines is 1. The molecule has 0 atom stereocenters. The first-order valence-corrected chi connectivity index (χ1v) is 9.13. The number of benzene rings is 1. The molecule has 0 aliphatic heterocycles. The van der Waals surface area contributed by atoms with Gasteiger partial charge < -0.3 is 9.73 Å². The molecule has 130 valence electrons. The van der Waals surface area contributed by atoms with E-state index < -0.39 is 0 Å². The summed E-state index contributed by atoms with van der Waals surface area (Å²) in [5.74, 6) is 3.63. The van der Waals surface area contributed by atoms with E-state index in [9.17, 15) is 0 Å². The average molecular weight is 363 g/mol. The highest BCUT2D eigenvalue weighted by Gasteiger charge is 2.08. The van der Waals surface area contributed by atoms with E-state index in [2.05, 4.69) is 37.6 Å². The van der Waals surface area contributed by atoms with Crippen LogP contribution >= 0.6 is 11.8 Å². The number of aromatic nitrogens is 4. The summed E-state index contributed by atoms with van der Waals surface area (Å²) in [7, 11) is 0. The van der Waals surface area contributed by atoms with Crippen molar-refractivity contribution in [2.45, 2.75) is 17.6 Å². The van der Waals surface area contributed by atoms with Crippen LogP contribution in [0.5, 0.6) is 0 Å². The lowest BCUT2D eigenvalue weighted by molar-refractivity contribution is 0.580. The lowest BCUT2D eigenvalue weighted by Gasteiger charge is -2.06. The van der Waals surface area contributed by atoms with Crippen LogP contribution in [0.4, 0.5) is 11.6 Å². The first kappa shape index (κ1) is 16.4. The summed E-state index contributed by atoms with van der Waals surface area (Å²) in [4.78, 5) is 10.3. The molecule has 3 aromatic heterocycles. The van der Waals surface area contributed by atoms with E-state index >= 15 is 0 Å². The largest absolute Gasteiger partial charge is 0.463 e. The molecule has 4 aromatic rings. The second-order valence-electron chi connectivity index (χ2n) is 5.68. The Balaban J connectivity index is 1.47. The Morgan fingerprint density at radius 3 is 2.73 bits per heavy atom. The number of thioether (sulfide) groups is 1. The number of rotatable bonds is 6. The number of anilines is 2. The Labute approximate surface area is 155 Å². The maximum atomic E-state index is 5.37. The van der Waals surface area contributed by atoms with Crippen LogP contribution in [-0.4, -0.2) is 20.2 Å². The van der Waals surface area contributed by atoms with Gasteiger partial charge in [0.25, 0.3) is 0 Å². The molecule has 26 heavy (non-hydrogen) atoms. The van der Waals surface area contributed by atoms with Crippen LogP contribution in [0.25, 0.3) is 11.5 Å². The van der Waals surface area contributed by atoms with Gasteiger partial charge in [-0.05, 0) is 31.2 Å². The van der Waals surface area contributed by atoms with Gasteiger partial charge in [-0.15, -0.1) is 11.8 Å². The van der Waals surface area contributed by atoms with Crippen LogP contribution in [0, 0.1) is 6.92 Å². The zero-order valence-electron chi connectivity index (χ0n) is 14.1. The number of hydrogen-bond donors (Lipinski definition) is 2. The van der Waals surface area contributed by atoms with Crippen molar-refractivity contribution < 1.29 is 4.42 Å². The number of furan rings is 1. The average Bonchev–Trinajstić information content (AvgIpc) is 3.32. The van der Waals surface area contributed by atoms with Gasteiger partial charge in [-0.3, -0.25) is 5.10 Å². The van der Waals surface area contributed by atoms with E-state index in [1.165, 1.54) is 4.90 Å². The number of hydrogen-bond acceptors (Lipinski definition) is 6. The zero-order valence-corrected chi connectivity index (χ0v) is 15.0. The van der Waals surface area contributed by atoms with Crippen molar-refractivity contribution in [2.24, 2.45) is 0 Å². The van der Waals surface area contributed by atoms with Crippen molar-refractivity contribution in [3.8, 4) is 11.5 Å². The predicted octanol–water partition coefficient (Wildman–Crippen LogP) is 4.80. The van der Waals surface area contributed by atoms with E-state index in [1.54, 1.807) is 18.0 Å². The van der Waals surface area contributed by atoms with Gasteiger partial charge in [0, 0.05) is 22.7 Å². The summed E-state index contributed by atoms with van der Waals surface area (Å²) in [6.45, 7) is 1.96. The maximum absolute atomic E-state index is 5.37. The van der Waals surface area contributed by atoms with Gasteiger partial charge in [0.2, 0.25) is 0 Å². The minimum absolute atomic E-state index is 0.677. The highest BCUT2D eigenvalue weighted by Crippen LogP contribution is 2.24. The fourth-order valence-corrected chi connectivity index (χ4v) is 3.27. The van der Waals surface area contributed by atoms with Crippen molar-refractivity contribution in [3.63, 3.8) is 0 Å². The second-order valence-corrected chi connectivity index (χ2v) is 6.73. The topological polar surface area (TPSA) is 79.6 Å². The van der Waals surface area contributed by atoms with Crippen molar-refractivity contribution in [2.75, 3.05) is 5.32 Å². The third-order valence-corrected chi connectivity index (χ3v) is 4.64. The molecule has 0 aliphatic rings. The summed E-state index contributed by atoms with van der Waals surface area (Å²) < 4.78 is 5.37. The Morgan fingerprint density at radius 1 is 1.04 bits per heavy atom. The smallest absolute Gasteiger partial charge is 0.154 e. The van der Waals surface area contributed by atoms with Gasteiger partial charge in [0.1, 0.15) is 17.3 Å². The van der Waals surface area contributed by atoms with Gasteiger partial charge in [-0.25, -0.2) is 9.97 Å². The van der Waals surface area contributed by atoms with Gasteiger partial charge >= 0.3 is 0 Å². The molecule has 6 nitrogen and oxygen atoms in total. The Bertz CT molecular complexity index is 982. The molecule has 1 aromatic carbocycles. The second kappa shape index (κ2) is 7.45. The summed E-state index contributed by atoms with van der Waals surface area (Å²) in [5, 5.41) is 10.4. The lowest BCUT2D eigenvalue weighted by Crippen LogP contribution is -2.01. The molecule has 0 saturated heterocycles. The lowest BCUT2D eigenvalue weighted by atomic mass is 10.3. The van der Waals surface area contributed by atoms with Crippen LogP contribution in [0.15, 0.2) is 70.2 Å². The third-order valence-electron chi connectivity index (χ3n) is 3.63. The van der Waals surface area contributed by atoms with Crippen LogP contribution in [-0.2, 0) is 5.75 Å². The quantitative estimate of drug-likeness (QED) is 0.479. The van der Waals surface area contributed by atoms with Gasteiger partial charge in [-0.2, -0.15) is 5.10 Å². The predicted molar refractivity (Wildman–Crippen MR) is 102 cm³/mol. The van der Waals surface area contributed by atoms with Gasteiger partial charge in [0.15, 0.2) is 11.6 Å². The van der Waals surface area contributed by atoms with E-state index in [1.807, 2.05) is 49.4 Å². The molecule has 7 heteroatoms. The van der Waals surface area contributed by atoms with Crippen LogP contribution in [0.3, 0.4) is 0 Å². The molecule has 4 rings (SSSR count). The normalized spacial score (nSPS) is 10.8. The molecule has 0 saturated carbocycles. The van der Waals surface area contributed by atoms with Crippen LogP contribution in [0.2, 0.25) is 0 Å². The van der Waals surface area contributed by atoms with Crippen molar-refractivity contribution in [3.05, 3.63) is 72.4 Å². The molecule has 0 amide bonds. The van der Waals surface area contributed by atoms with Crippen molar-refractivity contribution in [1.29, 1.82) is 0 Å². The molecule has 3 heterocycles. The molecule has 0 fully saturated rings. The molecular weight excluding hydrogens is 346 g/mol. The number of nitrogens with one attached hydrogen (secondary N) is 2. The number of nitrogens with zero attached hydrogens (tertiary/aromatic N) is 3. The van der Waals surface area contributed by atoms with E-state index in [-0.39, 0.29) is 0 Å². The first-order chi connectivity index (χ1) is 12.8. The van der Waals surface area contributed by atoms with Crippen LogP contribution < -0.4 is 5.32 Å². The van der Waals surface area contributed by atoms with Crippen molar-refractivity contribution >= 4 is 23.4 Å². The minimum atomic E-state index is 0.677. The maximum Gasteiger partial charge on any atom is 0.154 e. The summed E-state index contributed by atoms with van der Waals surface area (Å²) in [5.41, 5.74) is 1.72. The Kier molecular flexibility index (Phi) is 4.70. The summed E-state index contributed by atoms with van der Waals surface area (Å²) in [6, 6.07) is 17.7. The molecule has 0 unspecified atom stereocenters. The SMILES string of the molecule is Cc1cc(Nc2cc(-c3ccco3)[nH]n2)nc(CSc2ccccc2)n1. The minimum Gasteiger partial charge on any atom is -0.463 e.